The van der Waals surface area contributed by atoms with Gasteiger partial charge < -0.3 is 15.4 Å². The Morgan fingerprint density at radius 1 is 1.50 bits per heavy atom. The van der Waals surface area contributed by atoms with Gasteiger partial charge in [0.15, 0.2) is 0 Å². The zero-order valence-corrected chi connectivity index (χ0v) is 11.2. The summed E-state index contributed by atoms with van der Waals surface area (Å²) in [4.78, 5) is 12.3. The van der Waals surface area contributed by atoms with Crippen LogP contribution < -0.4 is 15.4 Å². The highest BCUT2D eigenvalue weighted by atomic mass is 16.5. The standard InChI is InChI=1S/C14H20N2O2/c1-10-4-5-12(18-3)11(8-10)16-13(17)14(2)6-7-15-9-14/h4-5,8,15H,6-7,9H2,1-3H3,(H,16,17). The maximum Gasteiger partial charge on any atom is 0.231 e. The highest BCUT2D eigenvalue weighted by Crippen LogP contribution is 2.30. The molecule has 1 atom stereocenters. The molecular formula is C14H20N2O2. The summed E-state index contributed by atoms with van der Waals surface area (Å²) in [5.74, 6) is 0.750. The zero-order chi connectivity index (χ0) is 13.2. The summed E-state index contributed by atoms with van der Waals surface area (Å²) in [7, 11) is 1.61. The average molecular weight is 248 g/mol. The van der Waals surface area contributed by atoms with Crippen LogP contribution in [0.2, 0.25) is 0 Å². The van der Waals surface area contributed by atoms with Gasteiger partial charge in [0.05, 0.1) is 18.2 Å². The predicted octanol–water partition coefficient (Wildman–Crippen LogP) is 1.94. The number of amides is 1. The predicted molar refractivity (Wildman–Crippen MR) is 72.0 cm³/mol. The second-order valence-electron chi connectivity index (χ2n) is 5.15. The molecule has 1 aromatic carbocycles. The maximum atomic E-state index is 12.3. The number of hydrogen-bond donors (Lipinski definition) is 2. The van der Waals surface area contributed by atoms with Gasteiger partial charge in [0.25, 0.3) is 0 Å². The van der Waals surface area contributed by atoms with Gasteiger partial charge in [0.2, 0.25) is 5.91 Å². The Balaban J connectivity index is 2.18. The summed E-state index contributed by atoms with van der Waals surface area (Å²) >= 11 is 0. The molecule has 0 saturated carbocycles. The molecule has 2 N–H and O–H groups in total. The van der Waals surface area contributed by atoms with E-state index in [2.05, 4.69) is 10.6 Å². The van der Waals surface area contributed by atoms with Gasteiger partial charge in [-0.15, -0.1) is 0 Å². The molecule has 4 heteroatoms. The summed E-state index contributed by atoms with van der Waals surface area (Å²) in [6, 6.07) is 5.77. The fourth-order valence-electron chi connectivity index (χ4n) is 2.20. The number of carbonyl (C=O) groups excluding carboxylic acids is 1. The van der Waals surface area contributed by atoms with Gasteiger partial charge in [-0.3, -0.25) is 4.79 Å². The number of ether oxygens (including phenoxy) is 1. The van der Waals surface area contributed by atoms with Gasteiger partial charge in [-0.05, 0) is 44.5 Å². The third kappa shape index (κ3) is 2.48. The molecule has 1 amide bonds. The van der Waals surface area contributed by atoms with E-state index < -0.39 is 0 Å². The normalized spacial score (nSPS) is 22.8. The summed E-state index contributed by atoms with van der Waals surface area (Å²) in [6.07, 6.45) is 0.868. The number of benzene rings is 1. The van der Waals surface area contributed by atoms with E-state index in [1.165, 1.54) is 0 Å². The Morgan fingerprint density at radius 2 is 2.28 bits per heavy atom. The molecule has 1 saturated heterocycles. The SMILES string of the molecule is COc1ccc(C)cc1NC(=O)C1(C)CCNC1. The lowest BCUT2D eigenvalue weighted by atomic mass is 9.88. The van der Waals surface area contributed by atoms with Crippen LogP contribution in [-0.4, -0.2) is 26.1 Å². The number of nitrogens with one attached hydrogen (secondary N) is 2. The molecule has 1 aliphatic rings. The van der Waals surface area contributed by atoms with Crippen molar-refractivity contribution in [2.24, 2.45) is 5.41 Å². The molecule has 18 heavy (non-hydrogen) atoms. The topological polar surface area (TPSA) is 50.4 Å². The van der Waals surface area contributed by atoms with E-state index in [-0.39, 0.29) is 11.3 Å². The average Bonchev–Trinajstić information content (AvgIpc) is 2.78. The van der Waals surface area contributed by atoms with Crippen molar-refractivity contribution in [1.82, 2.24) is 5.32 Å². The second kappa shape index (κ2) is 4.98. The van der Waals surface area contributed by atoms with Crippen LogP contribution in [0, 0.1) is 12.3 Å². The molecule has 0 spiro atoms. The van der Waals surface area contributed by atoms with Crippen LogP contribution in [-0.2, 0) is 4.79 Å². The Labute approximate surface area is 108 Å². The van der Waals surface area contributed by atoms with Gasteiger partial charge >= 0.3 is 0 Å². The Bertz CT molecular complexity index is 451. The third-order valence-electron chi connectivity index (χ3n) is 3.52. The van der Waals surface area contributed by atoms with Gasteiger partial charge in [0, 0.05) is 6.54 Å². The molecule has 1 aliphatic heterocycles. The molecule has 98 valence electrons. The molecule has 4 nitrogen and oxygen atoms in total. The molecule has 2 rings (SSSR count). The molecule has 1 aromatic rings. The zero-order valence-electron chi connectivity index (χ0n) is 11.2. The summed E-state index contributed by atoms with van der Waals surface area (Å²) in [5, 5.41) is 6.21. The molecular weight excluding hydrogens is 228 g/mol. The van der Waals surface area contributed by atoms with Crippen molar-refractivity contribution < 1.29 is 9.53 Å². The number of anilines is 1. The Kier molecular flexibility index (Phi) is 3.57. The third-order valence-corrected chi connectivity index (χ3v) is 3.52. The first kappa shape index (κ1) is 12.9. The fourth-order valence-corrected chi connectivity index (χ4v) is 2.20. The van der Waals surface area contributed by atoms with Crippen molar-refractivity contribution in [3.63, 3.8) is 0 Å². The van der Waals surface area contributed by atoms with Crippen molar-refractivity contribution in [3.8, 4) is 5.75 Å². The van der Waals surface area contributed by atoms with Crippen LogP contribution in [0.4, 0.5) is 5.69 Å². The Hall–Kier alpha value is -1.55. The molecule has 0 aromatic heterocycles. The molecule has 1 heterocycles. The van der Waals surface area contributed by atoms with E-state index in [0.717, 1.165) is 30.8 Å². The Morgan fingerprint density at radius 3 is 2.89 bits per heavy atom. The van der Waals surface area contributed by atoms with Gasteiger partial charge in [-0.2, -0.15) is 0 Å². The quantitative estimate of drug-likeness (QED) is 0.859. The molecule has 0 radical (unpaired) electrons. The highest BCUT2D eigenvalue weighted by molar-refractivity contribution is 5.96. The van der Waals surface area contributed by atoms with Crippen LogP contribution in [0.3, 0.4) is 0 Å². The van der Waals surface area contributed by atoms with Crippen molar-refractivity contribution in [2.75, 3.05) is 25.5 Å². The minimum Gasteiger partial charge on any atom is -0.495 e. The molecule has 0 aliphatic carbocycles. The molecule has 1 unspecified atom stereocenters. The van der Waals surface area contributed by atoms with Crippen molar-refractivity contribution >= 4 is 11.6 Å². The van der Waals surface area contributed by atoms with Crippen LogP contribution in [0.1, 0.15) is 18.9 Å². The van der Waals surface area contributed by atoms with Crippen LogP contribution in [0.15, 0.2) is 18.2 Å². The number of methoxy groups -OCH3 is 1. The van der Waals surface area contributed by atoms with Crippen LogP contribution >= 0.6 is 0 Å². The first-order chi connectivity index (χ1) is 8.55. The maximum absolute atomic E-state index is 12.3. The number of carbonyl (C=O) groups is 1. The number of hydrogen-bond acceptors (Lipinski definition) is 3. The minimum absolute atomic E-state index is 0.0522. The fraction of sp³-hybridized carbons (Fsp3) is 0.500. The molecule has 1 fully saturated rings. The van der Waals surface area contributed by atoms with Gasteiger partial charge in [-0.25, -0.2) is 0 Å². The van der Waals surface area contributed by atoms with Gasteiger partial charge in [0.1, 0.15) is 5.75 Å². The number of rotatable bonds is 3. The monoisotopic (exact) mass is 248 g/mol. The number of aryl methyl sites for hydroxylation is 1. The van der Waals surface area contributed by atoms with E-state index in [9.17, 15) is 4.79 Å². The van der Waals surface area contributed by atoms with Crippen molar-refractivity contribution in [1.29, 1.82) is 0 Å². The van der Waals surface area contributed by atoms with E-state index in [4.69, 9.17) is 4.74 Å². The summed E-state index contributed by atoms with van der Waals surface area (Å²) < 4.78 is 5.27. The first-order valence-corrected chi connectivity index (χ1v) is 6.22. The first-order valence-electron chi connectivity index (χ1n) is 6.22. The smallest absolute Gasteiger partial charge is 0.231 e. The lowest BCUT2D eigenvalue weighted by Crippen LogP contribution is -2.35. The largest absolute Gasteiger partial charge is 0.495 e. The van der Waals surface area contributed by atoms with Crippen LogP contribution in [0.5, 0.6) is 5.75 Å². The van der Waals surface area contributed by atoms with E-state index in [1.54, 1.807) is 7.11 Å². The summed E-state index contributed by atoms with van der Waals surface area (Å²) in [6.45, 7) is 5.61. The van der Waals surface area contributed by atoms with E-state index >= 15 is 0 Å². The lowest BCUT2D eigenvalue weighted by molar-refractivity contribution is -0.123. The highest BCUT2D eigenvalue weighted by Gasteiger charge is 2.36. The lowest BCUT2D eigenvalue weighted by Gasteiger charge is -2.22. The van der Waals surface area contributed by atoms with Crippen molar-refractivity contribution in [3.05, 3.63) is 23.8 Å². The molecule has 0 bridgehead atoms. The summed E-state index contributed by atoms with van der Waals surface area (Å²) in [5.41, 5.74) is 1.52. The van der Waals surface area contributed by atoms with Gasteiger partial charge in [-0.1, -0.05) is 6.07 Å². The minimum atomic E-state index is -0.325. The van der Waals surface area contributed by atoms with Crippen molar-refractivity contribution in [2.45, 2.75) is 20.3 Å². The van der Waals surface area contributed by atoms with Crippen LogP contribution in [0.25, 0.3) is 0 Å². The second-order valence-corrected chi connectivity index (χ2v) is 5.15. The van der Waals surface area contributed by atoms with E-state index in [1.807, 2.05) is 32.0 Å². The van der Waals surface area contributed by atoms with E-state index in [0.29, 0.717) is 5.75 Å².